The van der Waals surface area contributed by atoms with Crippen LogP contribution in [0.25, 0.3) is 10.9 Å². The summed E-state index contributed by atoms with van der Waals surface area (Å²) >= 11 is 3.44. The number of pyridine rings is 1. The Balaban J connectivity index is 2.43. The summed E-state index contributed by atoms with van der Waals surface area (Å²) in [5.41, 5.74) is 2.76. The molecule has 2 aromatic rings. The lowest BCUT2D eigenvalue weighted by Crippen LogP contribution is -2.20. The van der Waals surface area contributed by atoms with Crippen LogP contribution in [0, 0.1) is 0 Å². The van der Waals surface area contributed by atoms with Crippen molar-refractivity contribution in [1.82, 2.24) is 4.98 Å². The summed E-state index contributed by atoms with van der Waals surface area (Å²) in [5, 5.41) is 0.423. The number of aromatic amines is 1. The first-order chi connectivity index (χ1) is 9.63. The summed E-state index contributed by atoms with van der Waals surface area (Å²) in [6.45, 7) is 0. The normalized spacial score (nSPS) is 14.1. The van der Waals surface area contributed by atoms with Gasteiger partial charge in [-0.2, -0.15) is 0 Å². The van der Waals surface area contributed by atoms with E-state index in [0.717, 1.165) is 41.4 Å². The van der Waals surface area contributed by atoms with Crippen molar-refractivity contribution < 1.29 is 9.53 Å². The number of ether oxygens (including phenoxy) is 1. The first kappa shape index (κ1) is 13.4. The van der Waals surface area contributed by atoms with Crippen LogP contribution in [-0.4, -0.2) is 18.1 Å². The molecule has 0 unspecified atom stereocenters. The fraction of sp³-hybridized carbons (Fsp3) is 0.333. The summed E-state index contributed by atoms with van der Waals surface area (Å²) < 4.78 is 5.56. The Kier molecular flexibility index (Phi) is 3.38. The smallest absolute Gasteiger partial charge is 0.338 e. The van der Waals surface area contributed by atoms with E-state index in [-0.39, 0.29) is 5.43 Å². The van der Waals surface area contributed by atoms with Gasteiger partial charge in [-0.1, -0.05) is 0 Å². The molecule has 1 aliphatic rings. The molecule has 0 bridgehead atoms. The standard InChI is InChI=1S/C15H14BrNO3/c1-20-15(19)9-6-7-10(16)13-12(9)14(18)8-4-2-3-5-11(8)17-13/h6-7H,2-5H2,1H3,(H,17,18). The zero-order valence-electron chi connectivity index (χ0n) is 11.1. The van der Waals surface area contributed by atoms with Crippen molar-refractivity contribution in [1.29, 1.82) is 0 Å². The molecular weight excluding hydrogens is 322 g/mol. The van der Waals surface area contributed by atoms with Crippen LogP contribution in [0.15, 0.2) is 21.4 Å². The monoisotopic (exact) mass is 335 g/mol. The van der Waals surface area contributed by atoms with Gasteiger partial charge in [0.15, 0.2) is 5.43 Å². The number of aryl methyl sites for hydroxylation is 1. The van der Waals surface area contributed by atoms with E-state index >= 15 is 0 Å². The number of nitrogens with one attached hydrogen (secondary N) is 1. The number of aromatic nitrogens is 1. The van der Waals surface area contributed by atoms with Crippen molar-refractivity contribution >= 4 is 32.8 Å². The molecule has 1 aromatic carbocycles. The molecule has 1 N–H and O–H groups in total. The van der Waals surface area contributed by atoms with Gasteiger partial charge in [0, 0.05) is 15.7 Å². The maximum Gasteiger partial charge on any atom is 0.338 e. The van der Waals surface area contributed by atoms with Gasteiger partial charge < -0.3 is 9.72 Å². The molecule has 0 fully saturated rings. The minimum atomic E-state index is -0.483. The molecule has 4 nitrogen and oxygen atoms in total. The fourth-order valence-corrected chi connectivity index (χ4v) is 3.24. The number of H-pyrrole nitrogens is 1. The summed E-state index contributed by atoms with van der Waals surface area (Å²) in [4.78, 5) is 27.9. The number of esters is 1. The van der Waals surface area contributed by atoms with Crippen molar-refractivity contribution in [2.75, 3.05) is 7.11 Å². The number of methoxy groups -OCH3 is 1. The van der Waals surface area contributed by atoms with E-state index in [1.807, 2.05) is 0 Å². The highest BCUT2D eigenvalue weighted by molar-refractivity contribution is 9.10. The van der Waals surface area contributed by atoms with Crippen LogP contribution < -0.4 is 5.43 Å². The number of rotatable bonds is 1. The first-order valence-corrected chi connectivity index (χ1v) is 7.37. The third-order valence-corrected chi connectivity index (χ3v) is 4.47. The van der Waals surface area contributed by atoms with Gasteiger partial charge >= 0.3 is 5.97 Å². The van der Waals surface area contributed by atoms with Crippen molar-refractivity contribution in [3.05, 3.63) is 43.6 Å². The number of fused-ring (bicyclic) bond motifs is 2. The Morgan fingerprint density at radius 3 is 2.80 bits per heavy atom. The highest BCUT2D eigenvalue weighted by Crippen LogP contribution is 2.27. The Bertz CT molecular complexity index is 764. The molecule has 0 spiro atoms. The van der Waals surface area contributed by atoms with Gasteiger partial charge in [0.05, 0.1) is 23.6 Å². The lowest BCUT2D eigenvalue weighted by molar-refractivity contribution is 0.0603. The Hall–Kier alpha value is -1.62. The van der Waals surface area contributed by atoms with Crippen molar-refractivity contribution in [2.45, 2.75) is 25.7 Å². The zero-order chi connectivity index (χ0) is 14.3. The fourth-order valence-electron chi connectivity index (χ4n) is 2.81. The second kappa shape index (κ2) is 5.05. The van der Waals surface area contributed by atoms with Gasteiger partial charge in [0.2, 0.25) is 0 Å². The number of halogens is 1. The summed E-state index contributed by atoms with van der Waals surface area (Å²) in [6.07, 6.45) is 3.76. The van der Waals surface area contributed by atoms with E-state index < -0.39 is 5.97 Å². The highest BCUT2D eigenvalue weighted by atomic mass is 79.9. The van der Waals surface area contributed by atoms with Gasteiger partial charge in [-0.25, -0.2) is 4.79 Å². The molecule has 0 saturated carbocycles. The summed E-state index contributed by atoms with van der Waals surface area (Å²) in [5.74, 6) is -0.483. The van der Waals surface area contributed by atoms with Crippen LogP contribution in [0.4, 0.5) is 0 Å². The van der Waals surface area contributed by atoms with Gasteiger partial charge in [-0.3, -0.25) is 4.79 Å². The zero-order valence-corrected chi connectivity index (χ0v) is 12.7. The van der Waals surface area contributed by atoms with Gasteiger partial charge in [0.25, 0.3) is 0 Å². The van der Waals surface area contributed by atoms with E-state index in [4.69, 9.17) is 4.74 Å². The van der Waals surface area contributed by atoms with Crippen molar-refractivity contribution in [3.8, 4) is 0 Å². The topological polar surface area (TPSA) is 59.2 Å². The molecule has 0 saturated heterocycles. The minimum absolute atomic E-state index is 0.0462. The van der Waals surface area contributed by atoms with Crippen LogP contribution in [-0.2, 0) is 17.6 Å². The molecule has 104 valence electrons. The molecule has 1 heterocycles. The Labute approximate surface area is 124 Å². The SMILES string of the molecule is COC(=O)c1ccc(Br)c2[nH]c3c(c(=O)c12)CCCC3. The van der Waals surface area contributed by atoms with Gasteiger partial charge in [-0.05, 0) is 53.7 Å². The van der Waals surface area contributed by atoms with E-state index in [1.165, 1.54) is 7.11 Å². The summed E-state index contributed by atoms with van der Waals surface area (Å²) in [7, 11) is 1.32. The van der Waals surface area contributed by atoms with Gasteiger partial charge in [-0.15, -0.1) is 0 Å². The average Bonchev–Trinajstić information content (AvgIpc) is 2.48. The quantitative estimate of drug-likeness (QED) is 0.815. The number of hydrogen-bond acceptors (Lipinski definition) is 3. The summed E-state index contributed by atoms with van der Waals surface area (Å²) in [6, 6.07) is 3.39. The average molecular weight is 336 g/mol. The number of carbonyl (C=O) groups is 1. The second-order valence-electron chi connectivity index (χ2n) is 4.95. The van der Waals surface area contributed by atoms with Crippen LogP contribution in [0.5, 0.6) is 0 Å². The van der Waals surface area contributed by atoms with Crippen molar-refractivity contribution in [2.24, 2.45) is 0 Å². The predicted molar refractivity (Wildman–Crippen MR) is 80.3 cm³/mol. The lowest BCUT2D eigenvalue weighted by Gasteiger charge is -2.17. The van der Waals surface area contributed by atoms with E-state index in [9.17, 15) is 9.59 Å². The molecular formula is C15H14BrNO3. The largest absolute Gasteiger partial charge is 0.465 e. The molecule has 5 heteroatoms. The molecule has 0 amide bonds. The maximum atomic E-state index is 12.7. The minimum Gasteiger partial charge on any atom is -0.465 e. The molecule has 1 aliphatic carbocycles. The van der Waals surface area contributed by atoms with Crippen molar-refractivity contribution in [3.63, 3.8) is 0 Å². The number of benzene rings is 1. The van der Waals surface area contributed by atoms with E-state index in [2.05, 4.69) is 20.9 Å². The Morgan fingerprint density at radius 1 is 1.30 bits per heavy atom. The van der Waals surface area contributed by atoms with Crippen LogP contribution in [0.1, 0.15) is 34.5 Å². The first-order valence-electron chi connectivity index (χ1n) is 6.58. The van der Waals surface area contributed by atoms with Crippen LogP contribution in [0.2, 0.25) is 0 Å². The molecule has 0 aliphatic heterocycles. The van der Waals surface area contributed by atoms with E-state index in [0.29, 0.717) is 16.5 Å². The van der Waals surface area contributed by atoms with Gasteiger partial charge in [0.1, 0.15) is 0 Å². The molecule has 0 radical (unpaired) electrons. The van der Waals surface area contributed by atoms with Crippen LogP contribution >= 0.6 is 15.9 Å². The third kappa shape index (κ3) is 1.97. The number of carbonyl (C=O) groups excluding carboxylic acids is 1. The maximum absolute atomic E-state index is 12.7. The van der Waals surface area contributed by atoms with Crippen LogP contribution in [0.3, 0.4) is 0 Å². The molecule has 1 aromatic heterocycles. The third-order valence-electron chi connectivity index (χ3n) is 3.80. The molecule has 20 heavy (non-hydrogen) atoms. The molecule has 0 atom stereocenters. The molecule has 3 rings (SSSR count). The predicted octanol–water partition coefficient (Wildman–Crippen LogP) is 2.96. The van der Waals surface area contributed by atoms with E-state index in [1.54, 1.807) is 12.1 Å². The lowest BCUT2D eigenvalue weighted by atomic mass is 9.93. The highest BCUT2D eigenvalue weighted by Gasteiger charge is 2.21. The second-order valence-corrected chi connectivity index (χ2v) is 5.81. The Morgan fingerprint density at radius 2 is 2.05 bits per heavy atom. The number of hydrogen-bond donors (Lipinski definition) is 1.